The van der Waals surface area contributed by atoms with E-state index < -0.39 is 0 Å². The number of hydrogen-bond donors (Lipinski definition) is 1. The van der Waals surface area contributed by atoms with Crippen LogP contribution in [0.15, 0.2) is 48.5 Å². The molecule has 27 heavy (non-hydrogen) atoms. The number of nitrogens with one attached hydrogen (secondary N) is 1. The van der Waals surface area contributed by atoms with Gasteiger partial charge < -0.3 is 10.1 Å². The number of benzene rings is 2. The van der Waals surface area contributed by atoms with Gasteiger partial charge in [0.2, 0.25) is 0 Å². The lowest BCUT2D eigenvalue weighted by Gasteiger charge is -2.24. The first kappa shape index (κ1) is 17.8. The van der Waals surface area contributed by atoms with Crippen molar-refractivity contribution in [3.63, 3.8) is 0 Å². The van der Waals surface area contributed by atoms with Crippen molar-refractivity contribution in [3.05, 3.63) is 81.6 Å². The molecular weight excluding hydrogens is 362 g/mol. The van der Waals surface area contributed by atoms with E-state index in [1.807, 2.05) is 61.0 Å². The standard InChI is InChI=1S/C21H20ClN3O2/c1-13-3-8-17(9-14(13)2)23-21(26)19-10-18-12-27-20(11-25(18)24-19)15-4-6-16(22)7-5-15/h3-10,20H,11-12H2,1-2H3,(H,23,26)/t20-/m1/s1. The normalized spacial score (nSPS) is 16.0. The molecule has 0 radical (unpaired) electrons. The second-order valence-corrected chi connectivity index (χ2v) is 7.24. The van der Waals surface area contributed by atoms with Gasteiger partial charge in [-0.1, -0.05) is 29.8 Å². The van der Waals surface area contributed by atoms with Gasteiger partial charge >= 0.3 is 0 Å². The monoisotopic (exact) mass is 381 g/mol. The maximum atomic E-state index is 12.6. The van der Waals surface area contributed by atoms with Gasteiger partial charge in [-0.3, -0.25) is 9.48 Å². The second kappa shape index (κ2) is 7.18. The van der Waals surface area contributed by atoms with Crippen molar-refractivity contribution < 1.29 is 9.53 Å². The van der Waals surface area contributed by atoms with Gasteiger partial charge in [0.1, 0.15) is 6.10 Å². The molecule has 1 atom stereocenters. The van der Waals surface area contributed by atoms with Gasteiger partial charge in [0.15, 0.2) is 5.69 Å². The van der Waals surface area contributed by atoms with Crippen molar-refractivity contribution in [2.24, 2.45) is 0 Å². The average Bonchev–Trinajstić information content (AvgIpc) is 3.09. The van der Waals surface area contributed by atoms with Crippen LogP contribution in [0.2, 0.25) is 5.02 Å². The summed E-state index contributed by atoms with van der Waals surface area (Å²) >= 11 is 5.95. The topological polar surface area (TPSA) is 56.2 Å². The highest BCUT2D eigenvalue weighted by atomic mass is 35.5. The maximum absolute atomic E-state index is 12.6. The average molecular weight is 382 g/mol. The molecule has 3 aromatic rings. The van der Waals surface area contributed by atoms with E-state index in [0.29, 0.717) is 23.9 Å². The van der Waals surface area contributed by atoms with Crippen LogP contribution in [0.4, 0.5) is 5.69 Å². The lowest BCUT2D eigenvalue weighted by atomic mass is 10.1. The highest BCUT2D eigenvalue weighted by Gasteiger charge is 2.24. The molecule has 1 aromatic heterocycles. The molecule has 0 unspecified atom stereocenters. The number of carbonyl (C=O) groups excluding carboxylic acids is 1. The highest BCUT2D eigenvalue weighted by Crippen LogP contribution is 2.27. The number of rotatable bonds is 3. The zero-order chi connectivity index (χ0) is 19.0. The molecular formula is C21H20ClN3O2. The molecule has 2 aromatic carbocycles. The molecule has 4 rings (SSSR count). The summed E-state index contributed by atoms with van der Waals surface area (Å²) in [5.74, 6) is -0.219. The van der Waals surface area contributed by atoms with Crippen LogP contribution < -0.4 is 5.32 Å². The first-order chi connectivity index (χ1) is 13.0. The number of aryl methyl sites for hydroxylation is 2. The van der Waals surface area contributed by atoms with E-state index in [2.05, 4.69) is 10.4 Å². The maximum Gasteiger partial charge on any atom is 0.276 e. The summed E-state index contributed by atoms with van der Waals surface area (Å²) in [5.41, 5.74) is 5.42. The second-order valence-electron chi connectivity index (χ2n) is 6.81. The van der Waals surface area contributed by atoms with Crippen molar-refractivity contribution in [1.82, 2.24) is 9.78 Å². The Bertz CT molecular complexity index is 995. The number of ether oxygens (including phenoxy) is 1. The number of hydrogen-bond acceptors (Lipinski definition) is 3. The van der Waals surface area contributed by atoms with E-state index in [4.69, 9.17) is 16.3 Å². The molecule has 0 saturated heterocycles. The number of anilines is 1. The highest BCUT2D eigenvalue weighted by molar-refractivity contribution is 6.30. The van der Waals surface area contributed by atoms with Gasteiger partial charge in [-0.05, 0) is 60.9 Å². The van der Waals surface area contributed by atoms with Crippen LogP contribution in [0.5, 0.6) is 0 Å². The molecule has 0 saturated carbocycles. The third kappa shape index (κ3) is 3.75. The summed E-state index contributed by atoms with van der Waals surface area (Å²) in [6.45, 7) is 5.04. The molecule has 2 heterocycles. The van der Waals surface area contributed by atoms with E-state index in [-0.39, 0.29) is 12.0 Å². The molecule has 1 N–H and O–H groups in total. The molecule has 5 nitrogen and oxygen atoms in total. The molecule has 0 bridgehead atoms. The molecule has 0 aliphatic carbocycles. The summed E-state index contributed by atoms with van der Waals surface area (Å²) in [6, 6.07) is 15.2. The van der Waals surface area contributed by atoms with E-state index in [9.17, 15) is 4.79 Å². The fourth-order valence-electron chi connectivity index (χ4n) is 3.13. The molecule has 0 spiro atoms. The van der Waals surface area contributed by atoms with Gasteiger partial charge in [-0.25, -0.2) is 0 Å². The molecule has 6 heteroatoms. The number of halogens is 1. The van der Waals surface area contributed by atoms with Gasteiger partial charge in [0, 0.05) is 10.7 Å². The van der Waals surface area contributed by atoms with E-state index >= 15 is 0 Å². The predicted molar refractivity (Wildman–Crippen MR) is 105 cm³/mol. The Morgan fingerprint density at radius 2 is 1.93 bits per heavy atom. The summed E-state index contributed by atoms with van der Waals surface area (Å²) in [7, 11) is 0. The zero-order valence-electron chi connectivity index (χ0n) is 15.2. The number of nitrogens with zero attached hydrogens (tertiary/aromatic N) is 2. The fourth-order valence-corrected chi connectivity index (χ4v) is 3.26. The third-order valence-corrected chi connectivity index (χ3v) is 5.13. The van der Waals surface area contributed by atoms with Crippen LogP contribution >= 0.6 is 11.6 Å². The van der Waals surface area contributed by atoms with Crippen molar-refractivity contribution >= 4 is 23.2 Å². The van der Waals surface area contributed by atoms with Crippen LogP contribution in [0.25, 0.3) is 0 Å². The Labute approximate surface area is 162 Å². The molecule has 0 fully saturated rings. The minimum absolute atomic E-state index is 0.106. The summed E-state index contributed by atoms with van der Waals surface area (Å²) in [4.78, 5) is 12.6. The minimum atomic E-state index is -0.219. The van der Waals surface area contributed by atoms with E-state index in [0.717, 1.165) is 22.5 Å². The van der Waals surface area contributed by atoms with E-state index in [1.54, 1.807) is 6.07 Å². The minimum Gasteiger partial charge on any atom is -0.365 e. The Balaban J connectivity index is 1.50. The first-order valence-electron chi connectivity index (χ1n) is 8.82. The number of amides is 1. The van der Waals surface area contributed by atoms with Gasteiger partial charge in [0.05, 0.1) is 18.8 Å². The van der Waals surface area contributed by atoms with Crippen LogP contribution in [0.1, 0.15) is 39.0 Å². The first-order valence-corrected chi connectivity index (χ1v) is 9.20. The van der Waals surface area contributed by atoms with Crippen LogP contribution in [-0.4, -0.2) is 15.7 Å². The fraction of sp³-hybridized carbons (Fsp3) is 0.238. The number of carbonyl (C=O) groups is 1. The third-order valence-electron chi connectivity index (χ3n) is 4.87. The van der Waals surface area contributed by atoms with Crippen molar-refractivity contribution in [3.8, 4) is 0 Å². The van der Waals surface area contributed by atoms with E-state index in [1.165, 1.54) is 5.56 Å². The lowest BCUT2D eigenvalue weighted by Crippen LogP contribution is -2.22. The van der Waals surface area contributed by atoms with Crippen molar-refractivity contribution in [1.29, 1.82) is 0 Å². The Kier molecular flexibility index (Phi) is 4.72. The summed E-state index contributed by atoms with van der Waals surface area (Å²) in [6.07, 6.45) is -0.106. The van der Waals surface area contributed by atoms with Crippen LogP contribution in [-0.2, 0) is 17.9 Å². The SMILES string of the molecule is Cc1ccc(NC(=O)c2cc3n(n2)C[C@H](c2ccc(Cl)cc2)OC3)cc1C. The van der Waals surface area contributed by atoms with Crippen molar-refractivity contribution in [2.75, 3.05) is 5.32 Å². The number of fused-ring (bicyclic) bond motifs is 1. The Morgan fingerprint density at radius 1 is 1.15 bits per heavy atom. The Morgan fingerprint density at radius 3 is 2.67 bits per heavy atom. The van der Waals surface area contributed by atoms with Gasteiger partial charge in [0.25, 0.3) is 5.91 Å². The largest absolute Gasteiger partial charge is 0.365 e. The summed E-state index contributed by atoms with van der Waals surface area (Å²) < 4.78 is 7.78. The Hall–Kier alpha value is -2.63. The summed E-state index contributed by atoms with van der Waals surface area (Å²) in [5, 5.41) is 8.09. The van der Waals surface area contributed by atoms with Gasteiger partial charge in [-0.15, -0.1) is 0 Å². The van der Waals surface area contributed by atoms with Crippen molar-refractivity contribution in [2.45, 2.75) is 33.1 Å². The lowest BCUT2D eigenvalue weighted by molar-refractivity contribution is -0.00118. The molecule has 1 aliphatic heterocycles. The molecule has 1 aliphatic rings. The smallest absolute Gasteiger partial charge is 0.276 e. The molecule has 138 valence electrons. The number of aromatic nitrogens is 2. The predicted octanol–water partition coefficient (Wildman–Crippen LogP) is 4.68. The van der Waals surface area contributed by atoms with Gasteiger partial charge in [-0.2, -0.15) is 5.10 Å². The zero-order valence-corrected chi connectivity index (χ0v) is 16.0. The van der Waals surface area contributed by atoms with Crippen LogP contribution in [0.3, 0.4) is 0 Å². The van der Waals surface area contributed by atoms with Crippen LogP contribution in [0, 0.1) is 13.8 Å². The molecule has 1 amide bonds. The quantitative estimate of drug-likeness (QED) is 0.716.